The summed E-state index contributed by atoms with van der Waals surface area (Å²) in [7, 11) is -1.35. The molecule has 0 saturated heterocycles. The molecular formula is C23H18ClNO4S. The first-order valence-electron chi connectivity index (χ1n) is 9.36. The van der Waals surface area contributed by atoms with Gasteiger partial charge < -0.3 is 9.15 Å². The van der Waals surface area contributed by atoms with E-state index in [0.717, 1.165) is 11.1 Å². The van der Waals surface area contributed by atoms with Crippen LogP contribution in [-0.4, -0.2) is 21.8 Å². The zero-order valence-electron chi connectivity index (χ0n) is 16.1. The number of rotatable bonds is 6. The van der Waals surface area contributed by atoms with Gasteiger partial charge in [0.1, 0.15) is 5.52 Å². The third-order valence-electron chi connectivity index (χ3n) is 4.46. The summed E-state index contributed by atoms with van der Waals surface area (Å²) in [6.45, 7) is 2.15. The lowest BCUT2D eigenvalue weighted by Gasteiger charge is -2.02. The van der Waals surface area contributed by atoms with Crippen LogP contribution in [0.25, 0.3) is 22.6 Å². The molecule has 0 saturated carbocycles. The van der Waals surface area contributed by atoms with Gasteiger partial charge in [-0.05, 0) is 67.1 Å². The van der Waals surface area contributed by atoms with E-state index in [9.17, 15) is 9.00 Å². The Morgan fingerprint density at radius 3 is 2.43 bits per heavy atom. The van der Waals surface area contributed by atoms with Gasteiger partial charge in [0.2, 0.25) is 5.89 Å². The number of carbonyl (C=O) groups excluding carboxylic acids is 1. The van der Waals surface area contributed by atoms with E-state index >= 15 is 0 Å². The summed E-state index contributed by atoms with van der Waals surface area (Å²) in [4.78, 5) is 17.4. The maximum Gasteiger partial charge on any atom is 0.310 e. The van der Waals surface area contributed by atoms with Crippen LogP contribution in [0.2, 0.25) is 5.02 Å². The van der Waals surface area contributed by atoms with Crippen molar-refractivity contribution in [3.8, 4) is 11.5 Å². The van der Waals surface area contributed by atoms with Crippen LogP contribution in [0.15, 0.2) is 80.9 Å². The lowest BCUT2D eigenvalue weighted by atomic mass is 10.1. The maximum absolute atomic E-state index is 12.8. The van der Waals surface area contributed by atoms with Crippen LogP contribution in [0.3, 0.4) is 0 Å². The number of halogens is 1. The molecule has 0 fully saturated rings. The van der Waals surface area contributed by atoms with Crippen molar-refractivity contribution >= 4 is 39.5 Å². The summed E-state index contributed by atoms with van der Waals surface area (Å²) in [5, 5.41) is 0.597. The van der Waals surface area contributed by atoms with Gasteiger partial charge >= 0.3 is 5.97 Å². The summed E-state index contributed by atoms with van der Waals surface area (Å²) >= 11 is 5.90. The normalized spacial score (nSPS) is 12.1. The first kappa shape index (κ1) is 20.3. The molecule has 7 heteroatoms. The Morgan fingerprint density at radius 1 is 1.03 bits per heavy atom. The molecule has 1 unspecified atom stereocenters. The van der Waals surface area contributed by atoms with E-state index in [-0.39, 0.29) is 12.4 Å². The van der Waals surface area contributed by atoms with Crippen LogP contribution in [0, 0.1) is 0 Å². The Labute approximate surface area is 181 Å². The number of aromatic nitrogens is 1. The van der Waals surface area contributed by atoms with Gasteiger partial charge in [-0.25, -0.2) is 9.19 Å². The molecule has 4 rings (SSSR count). The molecule has 3 aromatic carbocycles. The minimum atomic E-state index is -1.35. The molecule has 0 aliphatic carbocycles. The van der Waals surface area contributed by atoms with Gasteiger partial charge in [-0.3, -0.25) is 4.79 Å². The highest BCUT2D eigenvalue weighted by Gasteiger charge is 2.13. The predicted octanol–water partition coefficient (Wildman–Crippen LogP) is 5.42. The van der Waals surface area contributed by atoms with E-state index in [1.165, 1.54) is 0 Å². The van der Waals surface area contributed by atoms with Crippen molar-refractivity contribution in [1.29, 1.82) is 0 Å². The second-order valence-electron chi connectivity index (χ2n) is 6.55. The summed E-state index contributed by atoms with van der Waals surface area (Å²) in [5.41, 5.74) is 2.88. The van der Waals surface area contributed by atoms with Crippen LogP contribution in [-0.2, 0) is 26.8 Å². The number of fused-ring (bicyclic) bond motifs is 1. The highest BCUT2D eigenvalue weighted by atomic mass is 35.5. The lowest BCUT2D eigenvalue weighted by Crippen LogP contribution is -2.07. The largest absolute Gasteiger partial charge is 0.466 e. The molecule has 1 atom stereocenters. The Balaban J connectivity index is 1.57. The number of oxazole rings is 1. The molecule has 1 aromatic heterocycles. The molecule has 0 radical (unpaired) electrons. The van der Waals surface area contributed by atoms with Crippen LogP contribution in [0.5, 0.6) is 0 Å². The number of hydrogen-bond acceptors (Lipinski definition) is 5. The van der Waals surface area contributed by atoms with Gasteiger partial charge in [-0.1, -0.05) is 23.7 Å². The Bertz CT molecular complexity index is 1220. The summed E-state index contributed by atoms with van der Waals surface area (Å²) in [6, 6.07) is 19.6. The monoisotopic (exact) mass is 439 g/mol. The number of ether oxygens (including phenoxy) is 1. The van der Waals surface area contributed by atoms with Crippen molar-refractivity contribution in [3.63, 3.8) is 0 Å². The minimum absolute atomic E-state index is 0.224. The number of esters is 1. The summed E-state index contributed by atoms with van der Waals surface area (Å²) < 4.78 is 23.7. The maximum atomic E-state index is 12.8. The van der Waals surface area contributed by atoms with Crippen LogP contribution < -0.4 is 0 Å². The third kappa shape index (κ3) is 4.45. The molecule has 5 nitrogen and oxygen atoms in total. The van der Waals surface area contributed by atoms with Crippen LogP contribution >= 0.6 is 11.6 Å². The average molecular weight is 440 g/mol. The SMILES string of the molecule is CCOC(=O)Cc1ccc(-c2nc3ccc(S(=O)c4ccc(Cl)cc4)cc3o2)cc1. The summed E-state index contributed by atoms with van der Waals surface area (Å²) in [6.07, 6.45) is 0.224. The number of carbonyl (C=O) groups is 1. The molecular weight excluding hydrogens is 422 g/mol. The molecule has 0 spiro atoms. The van der Waals surface area contributed by atoms with E-state index in [1.54, 1.807) is 49.4 Å². The average Bonchev–Trinajstić information content (AvgIpc) is 3.18. The quantitative estimate of drug-likeness (QED) is 0.375. The molecule has 1 heterocycles. The lowest BCUT2D eigenvalue weighted by molar-refractivity contribution is -0.142. The minimum Gasteiger partial charge on any atom is -0.466 e. The molecule has 152 valence electrons. The van der Waals surface area contributed by atoms with Crippen LogP contribution in [0.4, 0.5) is 0 Å². The van der Waals surface area contributed by atoms with Gasteiger partial charge in [0.25, 0.3) is 0 Å². The first-order valence-corrected chi connectivity index (χ1v) is 10.9. The van der Waals surface area contributed by atoms with Crippen molar-refractivity contribution in [2.24, 2.45) is 0 Å². The molecule has 4 aromatic rings. The van der Waals surface area contributed by atoms with Crippen molar-refractivity contribution in [1.82, 2.24) is 4.98 Å². The van der Waals surface area contributed by atoms with Crippen LogP contribution in [0.1, 0.15) is 12.5 Å². The Hall–Kier alpha value is -2.96. The summed E-state index contributed by atoms with van der Waals surface area (Å²) in [5.74, 6) is 0.204. The molecule has 0 aliphatic heterocycles. The Kier molecular flexibility index (Phi) is 5.97. The topological polar surface area (TPSA) is 69.4 Å². The highest BCUT2D eigenvalue weighted by Crippen LogP contribution is 2.27. The number of hydrogen-bond donors (Lipinski definition) is 0. The van der Waals surface area contributed by atoms with Crippen molar-refractivity contribution in [2.75, 3.05) is 6.61 Å². The smallest absolute Gasteiger partial charge is 0.310 e. The number of nitrogens with zero attached hydrogens (tertiary/aromatic N) is 1. The standard InChI is InChI=1S/C23H18ClNO4S/c1-2-28-22(26)13-15-3-5-16(6-4-15)23-25-20-12-11-19(14-21(20)29-23)30(27)18-9-7-17(24)8-10-18/h3-12,14H,2,13H2,1H3. The van der Waals surface area contributed by atoms with Crippen molar-refractivity contribution < 1.29 is 18.2 Å². The zero-order valence-corrected chi connectivity index (χ0v) is 17.7. The molecule has 0 amide bonds. The second-order valence-corrected chi connectivity index (χ2v) is 8.47. The van der Waals surface area contributed by atoms with E-state index < -0.39 is 10.8 Å². The Morgan fingerprint density at radius 2 is 1.73 bits per heavy atom. The van der Waals surface area contributed by atoms with E-state index in [2.05, 4.69) is 4.98 Å². The van der Waals surface area contributed by atoms with Gasteiger partial charge in [0, 0.05) is 20.4 Å². The first-order chi connectivity index (χ1) is 14.5. The van der Waals surface area contributed by atoms with E-state index in [1.807, 2.05) is 24.3 Å². The fourth-order valence-corrected chi connectivity index (χ4v) is 4.17. The molecule has 0 N–H and O–H groups in total. The van der Waals surface area contributed by atoms with Gasteiger partial charge in [0.15, 0.2) is 5.58 Å². The fourth-order valence-electron chi connectivity index (χ4n) is 2.98. The fraction of sp³-hybridized carbons (Fsp3) is 0.130. The molecule has 0 aliphatic rings. The highest BCUT2D eigenvalue weighted by molar-refractivity contribution is 7.85. The third-order valence-corrected chi connectivity index (χ3v) is 6.09. The van der Waals surface area contributed by atoms with E-state index in [4.69, 9.17) is 20.8 Å². The van der Waals surface area contributed by atoms with Gasteiger partial charge in [-0.15, -0.1) is 0 Å². The van der Waals surface area contributed by atoms with Gasteiger partial charge in [-0.2, -0.15) is 0 Å². The molecule has 0 bridgehead atoms. The van der Waals surface area contributed by atoms with Gasteiger partial charge in [0.05, 0.1) is 23.8 Å². The van der Waals surface area contributed by atoms with Crippen molar-refractivity contribution in [2.45, 2.75) is 23.1 Å². The number of benzene rings is 3. The van der Waals surface area contributed by atoms with Crippen molar-refractivity contribution in [3.05, 3.63) is 77.3 Å². The predicted molar refractivity (Wildman–Crippen MR) is 116 cm³/mol. The van der Waals surface area contributed by atoms with E-state index in [0.29, 0.717) is 38.4 Å². The second kappa shape index (κ2) is 8.81. The molecule has 30 heavy (non-hydrogen) atoms. The zero-order chi connectivity index (χ0) is 21.1.